The molecule has 7 N–H and O–H groups in total. The van der Waals surface area contributed by atoms with Gasteiger partial charge in [-0.05, 0) is 196 Å². The van der Waals surface area contributed by atoms with Crippen LogP contribution in [-0.2, 0) is 57.6 Å². The molecule has 692 valence electrons. The number of aromatic carboxylic acids is 1. The lowest BCUT2D eigenvalue weighted by Crippen LogP contribution is -2.44. The molecule has 5 aliphatic heterocycles. The number of alkyl halides is 10. The number of halogens is 14. The molecule has 9 heterocycles. The Bertz CT molecular complexity index is 5190. The summed E-state index contributed by atoms with van der Waals surface area (Å²) in [5.74, 6) is -10.1. The Hall–Kier alpha value is -7.25. The number of aliphatic hydroxyl groups excluding tert-OH is 1. The Morgan fingerprint density at radius 2 is 0.857 bits per heavy atom. The van der Waals surface area contributed by atoms with E-state index in [-0.39, 0.29) is 152 Å². The summed E-state index contributed by atoms with van der Waals surface area (Å²) in [6.07, 6.45) is 11.4. The summed E-state index contributed by atoms with van der Waals surface area (Å²) < 4.78 is 190. The molecule has 5 unspecified atom stereocenters. The van der Waals surface area contributed by atoms with Crippen molar-refractivity contribution in [3.05, 3.63) is 170 Å². The fraction of sp³-hybridized carbons (Fsp3) is 0.533. The number of nitrogens with two attached hydrogens (primary N) is 1. The first kappa shape index (κ1) is 101. The Balaban J connectivity index is 0.000000158. The van der Waals surface area contributed by atoms with Crippen LogP contribution in [0.25, 0.3) is 43.6 Å². The van der Waals surface area contributed by atoms with Crippen molar-refractivity contribution in [3.8, 4) is 0 Å². The Labute approximate surface area is 743 Å². The number of rotatable bonds is 19. The number of benzene rings is 5. The zero-order chi connectivity index (χ0) is 91.4. The van der Waals surface area contributed by atoms with Crippen LogP contribution in [0.5, 0.6) is 0 Å². The molecule has 9 aromatic rings. The van der Waals surface area contributed by atoms with E-state index in [0.717, 1.165) is 133 Å². The third-order valence-corrected chi connectivity index (χ3v) is 25.8. The second kappa shape index (κ2) is 45.5. The van der Waals surface area contributed by atoms with Crippen molar-refractivity contribution in [2.24, 2.45) is 5.73 Å². The molecule has 21 nitrogen and oxygen atoms in total. The van der Waals surface area contributed by atoms with E-state index in [1.165, 1.54) is 24.8 Å². The first-order chi connectivity index (χ1) is 59.7. The minimum absolute atomic E-state index is 0.0226. The molecule has 7 aliphatic rings. The van der Waals surface area contributed by atoms with Crippen molar-refractivity contribution in [2.75, 3.05) is 52.8 Å². The summed E-state index contributed by atoms with van der Waals surface area (Å²) in [5.41, 5.74) is 6.59. The number of nitrogens with one attached hydrogen (secondary N) is 1. The van der Waals surface area contributed by atoms with Crippen molar-refractivity contribution in [1.82, 2.24) is 18.7 Å². The maximum absolute atomic E-state index is 13.4. The maximum atomic E-state index is 13.4. The number of Topliss-reactive ketones (excluding diaryl/α,β-unsaturated/α-hetero) is 3. The summed E-state index contributed by atoms with van der Waals surface area (Å²) in [4.78, 5) is 50.0. The molecule has 2 saturated carbocycles. The molecule has 16 rings (SSSR count). The van der Waals surface area contributed by atoms with Gasteiger partial charge < -0.3 is 68.5 Å². The van der Waals surface area contributed by atoms with Crippen LogP contribution in [0.2, 0.25) is 20.1 Å². The highest BCUT2D eigenvalue weighted by atomic mass is 35.5. The van der Waals surface area contributed by atoms with Crippen LogP contribution in [0.4, 0.5) is 43.9 Å². The van der Waals surface area contributed by atoms with Gasteiger partial charge in [0.25, 0.3) is 21.7 Å². The molecule has 2 aliphatic carbocycles. The van der Waals surface area contributed by atoms with E-state index < -0.39 is 74.2 Å². The summed E-state index contributed by atoms with van der Waals surface area (Å²) in [7, 11) is -3.66. The van der Waals surface area contributed by atoms with Gasteiger partial charge in [-0.25, -0.2) is 22.4 Å². The smallest absolute Gasteiger partial charge is 0.454 e. The SMILES string of the molecule is Cc1ccc(S(=O)(=O)OCC2CCCCO2)cc1.NCC1(O)CCC(F)(F)CC1.O=C(CCC1(O)CCC(F)(F)CC1)c1cn(CC2CCCCO2)c2cccc(Cl)c12.O=C(O)c1cn(CC2CCCCO2)c2cccc(Cl)c12.O=C(c1c[nH]c2cccc(Cl)c12)C(F)(F)F.O=C(c1cn(CC2CCCCO2)c2cccc(Cl)c12)C(F)(F)F.OCC1CCCCO1. The number of nitrogens with zero attached hydrogens (tertiary/aromatic N) is 3. The highest BCUT2D eigenvalue weighted by molar-refractivity contribution is 7.86. The lowest BCUT2D eigenvalue weighted by Gasteiger charge is -2.35. The molecule has 5 atom stereocenters. The van der Waals surface area contributed by atoms with E-state index in [4.69, 9.17) is 85.1 Å². The minimum atomic E-state index is -4.93. The fourth-order valence-electron chi connectivity index (χ4n) is 16.0. The molecule has 0 spiro atoms. The first-order valence-electron chi connectivity index (χ1n) is 42.3. The van der Waals surface area contributed by atoms with Crippen molar-refractivity contribution in [2.45, 2.75) is 258 Å². The second-order valence-corrected chi connectivity index (χ2v) is 36.0. The van der Waals surface area contributed by atoms with Gasteiger partial charge in [-0.1, -0.05) is 88.4 Å². The number of carbonyl (C=O) groups excluding carboxylic acids is 3. The van der Waals surface area contributed by atoms with Crippen molar-refractivity contribution in [3.63, 3.8) is 0 Å². The van der Waals surface area contributed by atoms with Gasteiger partial charge >= 0.3 is 18.3 Å². The van der Waals surface area contributed by atoms with Gasteiger partial charge in [0.2, 0.25) is 11.8 Å². The number of aryl methyl sites for hydroxylation is 1. The summed E-state index contributed by atoms with van der Waals surface area (Å²) in [6.45, 7) is 7.76. The topological polar surface area (TPSA) is 295 Å². The van der Waals surface area contributed by atoms with Crippen LogP contribution in [0.1, 0.15) is 208 Å². The first-order valence-corrected chi connectivity index (χ1v) is 45.2. The normalized spacial score (nSPS) is 21.1. The number of aliphatic hydroxyl groups is 3. The van der Waals surface area contributed by atoms with Gasteiger partial charge in [-0.3, -0.25) is 18.6 Å². The number of hydrogen-bond acceptors (Lipinski definition) is 16. The van der Waals surface area contributed by atoms with Gasteiger partial charge in [-0.2, -0.15) is 34.8 Å². The van der Waals surface area contributed by atoms with Gasteiger partial charge in [0, 0.05) is 149 Å². The van der Waals surface area contributed by atoms with Crippen LogP contribution in [0, 0.1) is 6.92 Å². The van der Waals surface area contributed by atoms with E-state index in [1.54, 1.807) is 71.4 Å². The van der Waals surface area contributed by atoms with Crippen molar-refractivity contribution < 1.29 is 120 Å². The zero-order valence-electron chi connectivity index (χ0n) is 69.7. The average Bonchev–Trinajstić information content (AvgIpc) is 1.65. The van der Waals surface area contributed by atoms with E-state index in [2.05, 4.69) is 4.98 Å². The number of aromatic amines is 1. The maximum Gasteiger partial charge on any atom is 0.454 e. The molecule has 0 amide bonds. The van der Waals surface area contributed by atoms with Crippen LogP contribution in [0.3, 0.4) is 0 Å². The number of carboxylic acid groups (broad SMARTS) is 1. The average molecular weight is 1880 g/mol. The van der Waals surface area contributed by atoms with Crippen molar-refractivity contribution >= 4 is 123 Å². The lowest BCUT2D eigenvalue weighted by molar-refractivity contribution is -0.105. The van der Waals surface area contributed by atoms with Gasteiger partial charge in [-0.15, -0.1) is 0 Å². The Morgan fingerprint density at radius 1 is 0.492 bits per heavy atom. The second-order valence-electron chi connectivity index (χ2n) is 32.8. The van der Waals surface area contributed by atoms with Crippen LogP contribution in [-0.4, -0.2) is 190 Å². The number of fused-ring (bicyclic) bond motifs is 4. The molecule has 5 aromatic carbocycles. The molecule has 5 saturated heterocycles. The Kier molecular flexibility index (Phi) is 36.5. The fourth-order valence-corrected chi connectivity index (χ4v) is 18.0. The number of aromatic nitrogens is 4. The molecular formula is C90H107Cl4F10N5O16S. The summed E-state index contributed by atoms with van der Waals surface area (Å²) in [6, 6.07) is 27.0. The number of carboxylic acids is 1. The molecule has 126 heavy (non-hydrogen) atoms. The highest BCUT2D eigenvalue weighted by Crippen LogP contribution is 2.43. The van der Waals surface area contributed by atoms with E-state index in [0.29, 0.717) is 70.3 Å². The summed E-state index contributed by atoms with van der Waals surface area (Å²) in [5, 5.41) is 40.8. The van der Waals surface area contributed by atoms with Crippen molar-refractivity contribution in [1.29, 1.82) is 0 Å². The number of H-pyrrole nitrogens is 1. The number of hydrogen-bond donors (Lipinski definition) is 6. The number of ketones is 3. The molecule has 0 radical (unpaired) electrons. The number of ether oxygens (including phenoxy) is 5. The Morgan fingerprint density at radius 3 is 1.25 bits per heavy atom. The van der Waals surface area contributed by atoms with Crippen LogP contribution >= 0.6 is 46.4 Å². The van der Waals surface area contributed by atoms with Gasteiger partial charge in [0.1, 0.15) is 0 Å². The lowest BCUT2D eigenvalue weighted by atomic mass is 9.79. The van der Waals surface area contributed by atoms with Gasteiger partial charge in [0.05, 0.1) is 113 Å². The molecule has 36 heteroatoms. The zero-order valence-corrected chi connectivity index (χ0v) is 73.5. The summed E-state index contributed by atoms with van der Waals surface area (Å²) >= 11 is 24.4. The standard InChI is InChI=1S/C23H28ClF2NO3.C16H15ClF3NO2.C15H16ClNO3.C13H18O4S.C10H5ClF3NO.C7H13F2NO.C6H12O2/c24-18-5-3-6-19-21(18)17(15-27(19)14-16-4-1-2-13-30-16)20(28)7-8-22(29)9-11-23(25,26)12-10-22;17-12-5-3-6-13-14(12)11(15(22)16(18,19)20)9-21(13)8-10-4-1-2-7-23-10;16-12-5-3-6-13-14(12)11(15(18)19)9-17(13)8-10-4-1-2-7-20-10;1-11-5-7-13(8-6-11)18(14,15)17-10-12-4-2-3-9-16-12;11-6-2-1-3-7-8(6)5(4-15-7)9(16)10(12,13)14;8-7(9)3-1-6(11,5-10)2-4-7;7-5-6-3-1-2-4-8-6/h3,5-6,15-16,29H,1-2,4,7-14H2;3,5-6,9-10H,1-2,4,7-8H2;3,5-6,9-10H,1-2,4,7-8H2,(H,18,19);5-8,12H,2-4,9-10H2,1H3;1-4,15H;11H,1-5,10H2;6-7H,1-5H2. The molecule has 4 aromatic heterocycles. The third kappa shape index (κ3) is 28.4. The van der Waals surface area contributed by atoms with Crippen LogP contribution < -0.4 is 5.73 Å². The van der Waals surface area contributed by atoms with Gasteiger partial charge in [0.15, 0.2) is 5.78 Å². The monoisotopic (exact) mass is 1880 g/mol. The predicted octanol–water partition coefficient (Wildman–Crippen LogP) is 21.2. The quantitative estimate of drug-likeness (QED) is 0.0249. The third-order valence-electron chi connectivity index (χ3n) is 23.3. The highest BCUT2D eigenvalue weighted by Gasteiger charge is 2.45. The van der Waals surface area contributed by atoms with E-state index in [9.17, 15) is 86.8 Å². The van der Waals surface area contributed by atoms with Crippen LogP contribution in [0.15, 0.2) is 127 Å². The minimum Gasteiger partial charge on any atom is -0.478 e. The molecule has 0 bridgehead atoms. The largest absolute Gasteiger partial charge is 0.478 e. The molecule has 7 fully saturated rings. The van der Waals surface area contributed by atoms with E-state index in [1.807, 2.05) is 46.5 Å². The number of carbonyl (C=O) groups is 4. The van der Waals surface area contributed by atoms with E-state index >= 15 is 0 Å². The molecular weight excluding hydrogens is 1770 g/mol. The predicted molar refractivity (Wildman–Crippen MR) is 461 cm³/mol.